The van der Waals surface area contributed by atoms with E-state index in [-0.39, 0.29) is 17.2 Å². The zero-order chi connectivity index (χ0) is 14.7. The maximum atomic E-state index is 12.2. The Morgan fingerprint density at radius 2 is 1.90 bits per heavy atom. The maximum Gasteiger partial charge on any atom is 0.307 e. The number of thiazole rings is 1. The van der Waals surface area contributed by atoms with E-state index >= 15 is 0 Å². The summed E-state index contributed by atoms with van der Waals surface area (Å²) in [5.74, 6) is 0.667. The highest BCUT2D eigenvalue weighted by atomic mass is 32.1. The van der Waals surface area contributed by atoms with Gasteiger partial charge in [0, 0.05) is 16.1 Å². The van der Waals surface area contributed by atoms with E-state index in [0.717, 1.165) is 16.3 Å². The second kappa shape index (κ2) is 6.05. The second-order valence-electron chi connectivity index (χ2n) is 4.48. The summed E-state index contributed by atoms with van der Waals surface area (Å²) in [6.45, 7) is 6.34. The number of ketones is 1. The Balaban J connectivity index is 2.17. The maximum absolute atomic E-state index is 12.2. The lowest BCUT2D eigenvalue weighted by Crippen LogP contribution is -2.20. The van der Waals surface area contributed by atoms with Crippen molar-refractivity contribution in [1.82, 2.24) is 4.57 Å². The Morgan fingerprint density at radius 1 is 1.25 bits per heavy atom. The number of benzene rings is 1. The summed E-state index contributed by atoms with van der Waals surface area (Å²) >= 11 is 1.18. The summed E-state index contributed by atoms with van der Waals surface area (Å²) in [4.78, 5) is 24.8. The molecule has 5 heteroatoms. The Labute approximate surface area is 121 Å². The molecule has 0 radical (unpaired) electrons. The Kier molecular flexibility index (Phi) is 4.39. The Morgan fingerprint density at radius 3 is 2.40 bits per heavy atom. The first-order valence-electron chi connectivity index (χ1n) is 6.45. The smallest absolute Gasteiger partial charge is 0.307 e. The van der Waals surface area contributed by atoms with Crippen LogP contribution in [0.3, 0.4) is 0 Å². The number of hydrogen-bond donors (Lipinski definition) is 0. The molecule has 106 valence electrons. The van der Waals surface area contributed by atoms with E-state index in [9.17, 15) is 9.59 Å². The van der Waals surface area contributed by atoms with Crippen LogP contribution in [-0.2, 0) is 6.54 Å². The van der Waals surface area contributed by atoms with Crippen LogP contribution in [0, 0.1) is 13.8 Å². The first-order valence-corrected chi connectivity index (χ1v) is 7.27. The standard InChI is InChI=1S/C15H17NO3S/c1-4-19-13-7-5-12(6-8-13)14(17)9-16-10(2)11(3)20-15(16)18/h5-8H,4,9H2,1-3H3. The molecule has 0 fully saturated rings. The molecule has 2 aromatic rings. The van der Waals surface area contributed by atoms with Crippen molar-refractivity contribution in [2.45, 2.75) is 27.3 Å². The lowest BCUT2D eigenvalue weighted by Gasteiger charge is -2.06. The van der Waals surface area contributed by atoms with Gasteiger partial charge >= 0.3 is 4.87 Å². The van der Waals surface area contributed by atoms with E-state index in [1.165, 1.54) is 15.9 Å². The summed E-state index contributed by atoms with van der Waals surface area (Å²) in [6.07, 6.45) is 0. The van der Waals surface area contributed by atoms with E-state index in [0.29, 0.717) is 12.2 Å². The van der Waals surface area contributed by atoms with Crippen molar-refractivity contribution in [3.8, 4) is 5.75 Å². The molecular formula is C15H17NO3S. The van der Waals surface area contributed by atoms with Gasteiger partial charge in [0.05, 0.1) is 13.2 Å². The number of Topliss-reactive ketones (excluding diaryl/α,β-unsaturated/α-hetero) is 1. The van der Waals surface area contributed by atoms with Gasteiger partial charge in [-0.2, -0.15) is 0 Å². The number of ether oxygens (including phenoxy) is 1. The van der Waals surface area contributed by atoms with Crippen LogP contribution in [0.1, 0.15) is 27.9 Å². The lowest BCUT2D eigenvalue weighted by molar-refractivity contribution is 0.0970. The van der Waals surface area contributed by atoms with Gasteiger partial charge in [-0.1, -0.05) is 11.3 Å². The molecule has 4 nitrogen and oxygen atoms in total. The third kappa shape index (κ3) is 2.99. The van der Waals surface area contributed by atoms with Gasteiger partial charge in [0.25, 0.3) is 0 Å². The molecule has 0 saturated carbocycles. The predicted molar refractivity (Wildman–Crippen MR) is 80.0 cm³/mol. The highest BCUT2D eigenvalue weighted by molar-refractivity contribution is 7.09. The predicted octanol–water partition coefficient (Wildman–Crippen LogP) is 2.81. The van der Waals surface area contributed by atoms with E-state index in [1.807, 2.05) is 20.8 Å². The monoisotopic (exact) mass is 291 g/mol. The fourth-order valence-corrected chi connectivity index (χ4v) is 2.74. The van der Waals surface area contributed by atoms with E-state index < -0.39 is 0 Å². The second-order valence-corrected chi connectivity index (χ2v) is 5.64. The van der Waals surface area contributed by atoms with E-state index in [1.54, 1.807) is 24.3 Å². The van der Waals surface area contributed by atoms with E-state index in [2.05, 4.69) is 0 Å². The topological polar surface area (TPSA) is 48.3 Å². The molecular weight excluding hydrogens is 274 g/mol. The lowest BCUT2D eigenvalue weighted by atomic mass is 10.1. The summed E-state index contributed by atoms with van der Waals surface area (Å²) in [5, 5.41) is 0. The molecule has 0 unspecified atom stereocenters. The fraction of sp³-hybridized carbons (Fsp3) is 0.333. The molecule has 0 aliphatic heterocycles. The molecule has 2 rings (SSSR count). The van der Waals surface area contributed by atoms with Crippen LogP contribution < -0.4 is 9.61 Å². The molecule has 1 heterocycles. The summed E-state index contributed by atoms with van der Waals surface area (Å²) in [5.41, 5.74) is 1.45. The summed E-state index contributed by atoms with van der Waals surface area (Å²) < 4.78 is 6.86. The number of carbonyl (C=O) groups excluding carboxylic acids is 1. The summed E-state index contributed by atoms with van der Waals surface area (Å²) in [7, 11) is 0. The largest absolute Gasteiger partial charge is 0.494 e. The van der Waals surface area contributed by atoms with Gasteiger partial charge in [-0.3, -0.25) is 14.2 Å². The summed E-state index contributed by atoms with van der Waals surface area (Å²) in [6, 6.07) is 7.00. The minimum atomic E-state index is -0.0840. The van der Waals surface area contributed by atoms with Crippen molar-refractivity contribution in [2.75, 3.05) is 6.61 Å². The molecule has 0 spiro atoms. The number of aryl methyl sites for hydroxylation is 1. The van der Waals surface area contributed by atoms with E-state index in [4.69, 9.17) is 4.74 Å². The minimum Gasteiger partial charge on any atom is -0.494 e. The molecule has 20 heavy (non-hydrogen) atoms. The van der Waals surface area contributed by atoms with Crippen LogP contribution in [-0.4, -0.2) is 17.0 Å². The third-order valence-electron chi connectivity index (χ3n) is 3.16. The van der Waals surface area contributed by atoms with Crippen molar-refractivity contribution in [2.24, 2.45) is 0 Å². The normalized spacial score (nSPS) is 10.6. The first-order chi connectivity index (χ1) is 9.52. The average Bonchev–Trinajstić information content (AvgIpc) is 2.66. The number of nitrogens with zero attached hydrogens (tertiary/aromatic N) is 1. The van der Waals surface area contributed by atoms with Crippen LogP contribution >= 0.6 is 11.3 Å². The minimum absolute atomic E-state index is 0.0731. The van der Waals surface area contributed by atoms with Gasteiger partial charge in [-0.25, -0.2) is 0 Å². The molecule has 1 aromatic carbocycles. The van der Waals surface area contributed by atoms with Crippen molar-refractivity contribution in [3.63, 3.8) is 0 Å². The van der Waals surface area contributed by atoms with Crippen molar-refractivity contribution in [3.05, 3.63) is 50.1 Å². The van der Waals surface area contributed by atoms with Gasteiger partial charge in [-0.05, 0) is 45.0 Å². The zero-order valence-corrected chi connectivity index (χ0v) is 12.6. The molecule has 0 saturated heterocycles. The zero-order valence-electron chi connectivity index (χ0n) is 11.8. The van der Waals surface area contributed by atoms with Crippen LogP contribution in [0.25, 0.3) is 0 Å². The van der Waals surface area contributed by atoms with Gasteiger partial charge in [0.2, 0.25) is 0 Å². The van der Waals surface area contributed by atoms with Crippen LogP contribution in [0.5, 0.6) is 5.75 Å². The number of hydrogen-bond acceptors (Lipinski definition) is 4. The molecule has 0 amide bonds. The molecule has 0 N–H and O–H groups in total. The van der Waals surface area contributed by atoms with Gasteiger partial charge in [0.1, 0.15) is 5.75 Å². The van der Waals surface area contributed by atoms with Crippen molar-refractivity contribution < 1.29 is 9.53 Å². The van der Waals surface area contributed by atoms with Gasteiger partial charge in [-0.15, -0.1) is 0 Å². The first kappa shape index (κ1) is 14.5. The van der Waals surface area contributed by atoms with Gasteiger partial charge in [0.15, 0.2) is 5.78 Å². The van der Waals surface area contributed by atoms with Gasteiger partial charge < -0.3 is 4.74 Å². The average molecular weight is 291 g/mol. The van der Waals surface area contributed by atoms with Crippen LogP contribution in [0.4, 0.5) is 0 Å². The van der Waals surface area contributed by atoms with Crippen LogP contribution in [0.2, 0.25) is 0 Å². The SMILES string of the molecule is CCOc1ccc(C(=O)Cn2c(C)c(C)sc2=O)cc1. The Bertz CT molecular complexity index is 667. The highest BCUT2D eigenvalue weighted by Gasteiger charge is 2.13. The van der Waals surface area contributed by atoms with Crippen molar-refractivity contribution >= 4 is 17.1 Å². The number of carbonyl (C=O) groups is 1. The fourth-order valence-electron chi connectivity index (χ4n) is 1.91. The highest BCUT2D eigenvalue weighted by Crippen LogP contribution is 2.14. The number of aromatic nitrogens is 1. The quantitative estimate of drug-likeness (QED) is 0.796. The molecule has 0 bridgehead atoms. The molecule has 1 aromatic heterocycles. The molecule has 0 atom stereocenters. The molecule has 0 aliphatic rings. The third-order valence-corrected chi connectivity index (χ3v) is 4.16. The Hall–Kier alpha value is -1.88. The van der Waals surface area contributed by atoms with Crippen LogP contribution in [0.15, 0.2) is 29.1 Å². The van der Waals surface area contributed by atoms with Crippen molar-refractivity contribution in [1.29, 1.82) is 0 Å². The molecule has 0 aliphatic carbocycles. The number of rotatable bonds is 5.